The Labute approximate surface area is 174 Å². The normalized spacial score (nSPS) is 10.3. The monoisotopic (exact) mass is 500 g/mol. The van der Waals surface area contributed by atoms with Gasteiger partial charge in [0.1, 0.15) is 18.1 Å². The SMILES string of the molecule is CCOCCOC(=O)c1ccc(OC(=O)COc2ccc(Br)cc2Br)cc1. The molecule has 0 spiro atoms. The van der Waals surface area contributed by atoms with Crippen molar-refractivity contribution >= 4 is 43.8 Å². The van der Waals surface area contributed by atoms with Crippen molar-refractivity contribution < 1.29 is 28.5 Å². The van der Waals surface area contributed by atoms with Crippen LogP contribution in [0.5, 0.6) is 11.5 Å². The molecule has 0 aromatic heterocycles. The Bertz CT molecular complexity index is 776. The van der Waals surface area contributed by atoms with E-state index < -0.39 is 11.9 Å². The number of benzene rings is 2. The molecule has 8 heteroatoms. The third-order valence-electron chi connectivity index (χ3n) is 3.23. The third kappa shape index (κ3) is 7.32. The highest BCUT2D eigenvalue weighted by molar-refractivity contribution is 9.11. The highest BCUT2D eigenvalue weighted by Crippen LogP contribution is 2.28. The van der Waals surface area contributed by atoms with Crippen LogP contribution < -0.4 is 9.47 Å². The number of hydrogen-bond donors (Lipinski definition) is 0. The van der Waals surface area contributed by atoms with Crippen LogP contribution in [0.15, 0.2) is 51.4 Å². The van der Waals surface area contributed by atoms with Crippen molar-refractivity contribution in [3.05, 3.63) is 57.0 Å². The van der Waals surface area contributed by atoms with E-state index in [4.69, 9.17) is 18.9 Å². The van der Waals surface area contributed by atoms with Gasteiger partial charge in [0.2, 0.25) is 0 Å². The minimum atomic E-state index is -0.558. The summed E-state index contributed by atoms with van der Waals surface area (Å²) in [4.78, 5) is 23.8. The van der Waals surface area contributed by atoms with E-state index in [1.165, 1.54) is 24.3 Å². The van der Waals surface area contributed by atoms with E-state index in [0.29, 0.717) is 30.3 Å². The van der Waals surface area contributed by atoms with Gasteiger partial charge in [-0.3, -0.25) is 0 Å². The highest BCUT2D eigenvalue weighted by Gasteiger charge is 2.11. The van der Waals surface area contributed by atoms with Gasteiger partial charge >= 0.3 is 11.9 Å². The fraction of sp³-hybridized carbons (Fsp3) is 0.263. The molecule has 144 valence electrons. The van der Waals surface area contributed by atoms with E-state index in [-0.39, 0.29) is 13.2 Å². The first kappa shape index (κ1) is 21.4. The van der Waals surface area contributed by atoms with Gasteiger partial charge in [-0.15, -0.1) is 0 Å². The van der Waals surface area contributed by atoms with Crippen molar-refractivity contribution in [1.82, 2.24) is 0 Å². The van der Waals surface area contributed by atoms with E-state index >= 15 is 0 Å². The molecule has 0 heterocycles. The standard InChI is InChI=1S/C19H18Br2O6/c1-2-24-9-10-25-19(23)13-3-6-15(7-4-13)27-18(22)12-26-17-8-5-14(20)11-16(17)21/h3-8,11H,2,9-10,12H2,1H3. The Morgan fingerprint density at radius 2 is 1.74 bits per heavy atom. The van der Waals surface area contributed by atoms with E-state index in [0.717, 1.165) is 8.95 Å². The molecule has 0 aliphatic carbocycles. The highest BCUT2D eigenvalue weighted by atomic mass is 79.9. The van der Waals surface area contributed by atoms with Crippen molar-refractivity contribution in [3.63, 3.8) is 0 Å². The molecule has 0 unspecified atom stereocenters. The number of carbonyl (C=O) groups excluding carboxylic acids is 2. The number of rotatable bonds is 9. The van der Waals surface area contributed by atoms with E-state index in [1.807, 2.05) is 13.0 Å². The number of ether oxygens (including phenoxy) is 4. The van der Waals surface area contributed by atoms with Crippen LogP contribution >= 0.6 is 31.9 Å². The smallest absolute Gasteiger partial charge is 0.349 e. The van der Waals surface area contributed by atoms with Crippen LogP contribution in [0.3, 0.4) is 0 Å². The van der Waals surface area contributed by atoms with Crippen LogP contribution in [0, 0.1) is 0 Å². The van der Waals surface area contributed by atoms with Gasteiger partial charge in [-0.1, -0.05) is 15.9 Å². The number of hydrogen-bond acceptors (Lipinski definition) is 6. The molecule has 0 bridgehead atoms. The Kier molecular flexibility index (Phi) is 8.77. The summed E-state index contributed by atoms with van der Waals surface area (Å²) in [6.07, 6.45) is 0. The predicted molar refractivity (Wildman–Crippen MR) is 106 cm³/mol. The second-order valence-electron chi connectivity index (χ2n) is 5.19. The molecule has 0 radical (unpaired) electrons. The minimum absolute atomic E-state index is 0.187. The number of carbonyl (C=O) groups is 2. The van der Waals surface area contributed by atoms with Crippen molar-refractivity contribution in [3.8, 4) is 11.5 Å². The molecule has 0 aliphatic heterocycles. The summed E-state index contributed by atoms with van der Waals surface area (Å²) in [6, 6.07) is 11.4. The molecule has 2 aromatic carbocycles. The van der Waals surface area contributed by atoms with E-state index in [9.17, 15) is 9.59 Å². The van der Waals surface area contributed by atoms with Crippen molar-refractivity contribution in [2.24, 2.45) is 0 Å². The van der Waals surface area contributed by atoms with Crippen LogP contribution in [0.25, 0.3) is 0 Å². The molecule has 0 aliphatic rings. The Balaban J connectivity index is 1.81. The summed E-state index contributed by atoms with van der Waals surface area (Å²) in [6.45, 7) is 2.73. The lowest BCUT2D eigenvalue weighted by atomic mass is 10.2. The first-order valence-electron chi connectivity index (χ1n) is 8.13. The second-order valence-corrected chi connectivity index (χ2v) is 6.96. The lowest BCUT2D eigenvalue weighted by Gasteiger charge is -2.09. The maximum absolute atomic E-state index is 11.9. The van der Waals surface area contributed by atoms with Gasteiger partial charge < -0.3 is 18.9 Å². The molecule has 0 amide bonds. The fourth-order valence-corrected chi connectivity index (χ4v) is 3.13. The summed E-state index contributed by atoms with van der Waals surface area (Å²) in [7, 11) is 0. The van der Waals surface area contributed by atoms with E-state index in [1.54, 1.807) is 12.1 Å². The molecule has 27 heavy (non-hydrogen) atoms. The van der Waals surface area contributed by atoms with Crippen LogP contribution in [0.1, 0.15) is 17.3 Å². The quantitative estimate of drug-likeness (QED) is 0.288. The maximum atomic E-state index is 11.9. The van der Waals surface area contributed by atoms with E-state index in [2.05, 4.69) is 31.9 Å². The topological polar surface area (TPSA) is 71.1 Å². The van der Waals surface area contributed by atoms with Crippen LogP contribution in [-0.2, 0) is 14.3 Å². The third-order valence-corrected chi connectivity index (χ3v) is 4.34. The molecule has 0 saturated heterocycles. The van der Waals surface area contributed by atoms with Crippen molar-refractivity contribution in [2.45, 2.75) is 6.92 Å². The van der Waals surface area contributed by atoms with Gasteiger partial charge in [0.15, 0.2) is 6.61 Å². The van der Waals surface area contributed by atoms with Gasteiger partial charge in [-0.25, -0.2) is 9.59 Å². The summed E-state index contributed by atoms with van der Waals surface area (Å²) in [5.41, 5.74) is 0.362. The largest absolute Gasteiger partial charge is 0.481 e. The molecule has 0 atom stereocenters. The van der Waals surface area contributed by atoms with Gasteiger partial charge in [-0.2, -0.15) is 0 Å². The first-order valence-corrected chi connectivity index (χ1v) is 9.71. The summed E-state index contributed by atoms with van der Waals surface area (Å²) in [5.74, 6) is -0.183. The zero-order chi connectivity index (χ0) is 19.6. The summed E-state index contributed by atoms with van der Waals surface area (Å²) >= 11 is 6.69. The summed E-state index contributed by atoms with van der Waals surface area (Å²) in [5, 5.41) is 0. The molecule has 0 N–H and O–H groups in total. The van der Waals surface area contributed by atoms with Gasteiger partial charge in [-0.05, 0) is 65.3 Å². The summed E-state index contributed by atoms with van der Waals surface area (Å²) < 4.78 is 22.4. The number of esters is 2. The average Bonchev–Trinajstić information content (AvgIpc) is 2.65. The Morgan fingerprint density at radius 3 is 2.41 bits per heavy atom. The van der Waals surface area contributed by atoms with Crippen LogP contribution in [-0.4, -0.2) is 38.4 Å². The molecule has 2 rings (SSSR count). The van der Waals surface area contributed by atoms with Crippen molar-refractivity contribution in [1.29, 1.82) is 0 Å². The molecular weight excluding hydrogens is 484 g/mol. The molecule has 0 fully saturated rings. The zero-order valence-electron chi connectivity index (χ0n) is 14.6. The Hall–Kier alpha value is -1.90. The zero-order valence-corrected chi connectivity index (χ0v) is 17.7. The lowest BCUT2D eigenvalue weighted by Crippen LogP contribution is -2.18. The van der Waals surface area contributed by atoms with Crippen LogP contribution in [0.2, 0.25) is 0 Å². The second kappa shape index (κ2) is 11.1. The van der Waals surface area contributed by atoms with Crippen LogP contribution in [0.4, 0.5) is 0 Å². The average molecular weight is 502 g/mol. The molecular formula is C19H18Br2O6. The van der Waals surface area contributed by atoms with Gasteiger partial charge in [0.25, 0.3) is 0 Å². The fourth-order valence-electron chi connectivity index (χ4n) is 1.97. The minimum Gasteiger partial charge on any atom is -0.481 e. The molecule has 2 aromatic rings. The van der Waals surface area contributed by atoms with Gasteiger partial charge in [0.05, 0.1) is 16.6 Å². The predicted octanol–water partition coefficient (Wildman–Crippen LogP) is 4.39. The van der Waals surface area contributed by atoms with Gasteiger partial charge in [0, 0.05) is 11.1 Å². The molecule has 0 saturated carbocycles. The maximum Gasteiger partial charge on any atom is 0.349 e. The first-order chi connectivity index (χ1) is 13.0. The molecule has 6 nitrogen and oxygen atoms in total. The number of halogens is 2. The van der Waals surface area contributed by atoms with Crippen molar-refractivity contribution in [2.75, 3.05) is 26.4 Å². The Morgan fingerprint density at radius 1 is 1.00 bits per heavy atom. The lowest BCUT2D eigenvalue weighted by molar-refractivity contribution is -0.136.